The Morgan fingerprint density at radius 1 is 0.778 bits per heavy atom. The van der Waals surface area contributed by atoms with Crippen LogP contribution in [0.25, 0.3) is 6.08 Å². The van der Waals surface area contributed by atoms with E-state index < -0.39 is 0 Å². The van der Waals surface area contributed by atoms with Crippen molar-refractivity contribution >= 4 is 23.4 Å². The van der Waals surface area contributed by atoms with Crippen LogP contribution in [0.2, 0.25) is 0 Å². The molecule has 0 atom stereocenters. The number of ketones is 3. The Morgan fingerprint density at radius 2 is 1.44 bits per heavy atom. The standard InChI is InChI=1S/C24H16O3/c1-15-6-4-7-16(14-15)12-13-21(25)19-10-5-11-20-22(19)24(27)18-9-3-2-8-17(18)23(20)26/h2-14H,1H3/b13-12+. The first-order chi connectivity index (χ1) is 13.1. The summed E-state index contributed by atoms with van der Waals surface area (Å²) in [5, 5.41) is 0. The molecule has 0 saturated heterocycles. The Bertz CT molecular complexity index is 1140. The molecule has 0 saturated carbocycles. The van der Waals surface area contributed by atoms with Gasteiger partial charge >= 0.3 is 0 Å². The molecule has 0 heterocycles. The summed E-state index contributed by atoms with van der Waals surface area (Å²) in [6, 6.07) is 19.3. The Morgan fingerprint density at radius 3 is 2.19 bits per heavy atom. The molecule has 0 fully saturated rings. The molecule has 3 nitrogen and oxygen atoms in total. The van der Waals surface area contributed by atoms with Gasteiger partial charge in [0.05, 0.1) is 0 Å². The summed E-state index contributed by atoms with van der Waals surface area (Å²) in [5.41, 5.74) is 3.46. The molecule has 3 heteroatoms. The molecule has 130 valence electrons. The van der Waals surface area contributed by atoms with Gasteiger partial charge in [-0.15, -0.1) is 0 Å². The minimum absolute atomic E-state index is 0.195. The first-order valence-electron chi connectivity index (χ1n) is 8.67. The molecule has 0 amide bonds. The Balaban J connectivity index is 1.77. The van der Waals surface area contributed by atoms with Crippen molar-refractivity contribution in [3.05, 3.63) is 112 Å². The lowest BCUT2D eigenvalue weighted by Gasteiger charge is -2.19. The van der Waals surface area contributed by atoms with Crippen molar-refractivity contribution in [2.24, 2.45) is 0 Å². The van der Waals surface area contributed by atoms with Gasteiger partial charge < -0.3 is 0 Å². The second-order valence-corrected chi connectivity index (χ2v) is 6.54. The van der Waals surface area contributed by atoms with Gasteiger partial charge in [0.1, 0.15) is 0 Å². The molecule has 0 radical (unpaired) electrons. The third kappa shape index (κ3) is 2.93. The zero-order chi connectivity index (χ0) is 19.0. The number of benzene rings is 3. The van der Waals surface area contributed by atoms with Gasteiger partial charge in [-0.2, -0.15) is 0 Å². The second kappa shape index (κ2) is 6.61. The molecule has 0 bridgehead atoms. The fourth-order valence-electron chi connectivity index (χ4n) is 3.39. The monoisotopic (exact) mass is 352 g/mol. The van der Waals surface area contributed by atoms with Gasteiger partial charge in [0, 0.05) is 27.8 Å². The van der Waals surface area contributed by atoms with Crippen LogP contribution >= 0.6 is 0 Å². The van der Waals surface area contributed by atoms with E-state index in [9.17, 15) is 14.4 Å². The van der Waals surface area contributed by atoms with Crippen LogP contribution in [0.15, 0.2) is 72.8 Å². The Kier molecular flexibility index (Phi) is 4.13. The summed E-state index contributed by atoms with van der Waals surface area (Å²) in [5.74, 6) is -0.806. The van der Waals surface area contributed by atoms with Crippen molar-refractivity contribution in [1.82, 2.24) is 0 Å². The first kappa shape index (κ1) is 16.9. The zero-order valence-corrected chi connectivity index (χ0v) is 14.7. The van der Waals surface area contributed by atoms with E-state index >= 15 is 0 Å². The highest BCUT2D eigenvalue weighted by molar-refractivity contribution is 6.31. The number of rotatable bonds is 3. The van der Waals surface area contributed by atoms with Crippen molar-refractivity contribution in [3.8, 4) is 0 Å². The summed E-state index contributed by atoms with van der Waals surface area (Å²) in [6.07, 6.45) is 3.17. The van der Waals surface area contributed by atoms with Crippen LogP contribution in [0.4, 0.5) is 0 Å². The predicted molar refractivity (Wildman–Crippen MR) is 104 cm³/mol. The van der Waals surface area contributed by atoms with E-state index in [1.165, 1.54) is 6.08 Å². The van der Waals surface area contributed by atoms with Crippen LogP contribution in [0.3, 0.4) is 0 Å². The molecule has 3 aromatic rings. The van der Waals surface area contributed by atoms with E-state index in [1.807, 2.05) is 31.2 Å². The predicted octanol–water partition coefficient (Wildman–Crippen LogP) is 4.67. The number of carbonyl (C=O) groups is 3. The molecule has 4 rings (SSSR count). The normalized spacial score (nSPS) is 12.8. The quantitative estimate of drug-likeness (QED) is 0.398. The molecule has 0 unspecified atom stereocenters. The Labute approximate surface area is 157 Å². The first-order valence-corrected chi connectivity index (χ1v) is 8.67. The number of fused-ring (bicyclic) bond motifs is 2. The molecule has 3 aromatic carbocycles. The van der Waals surface area contributed by atoms with E-state index in [2.05, 4.69) is 0 Å². The lowest BCUT2D eigenvalue weighted by atomic mass is 9.81. The van der Waals surface area contributed by atoms with Gasteiger partial charge in [-0.3, -0.25) is 14.4 Å². The third-order valence-corrected chi connectivity index (χ3v) is 4.69. The maximum atomic E-state index is 13.0. The third-order valence-electron chi connectivity index (χ3n) is 4.69. The number of aryl methyl sites for hydroxylation is 1. The molecule has 1 aliphatic rings. The molecular formula is C24H16O3. The summed E-state index contributed by atoms with van der Waals surface area (Å²) in [7, 11) is 0. The summed E-state index contributed by atoms with van der Waals surface area (Å²) in [6.45, 7) is 1.98. The molecule has 0 N–H and O–H groups in total. The molecule has 0 aromatic heterocycles. The number of carbonyl (C=O) groups excluding carboxylic acids is 3. The van der Waals surface area contributed by atoms with Gasteiger partial charge in [0.15, 0.2) is 17.3 Å². The van der Waals surface area contributed by atoms with Crippen molar-refractivity contribution in [1.29, 1.82) is 0 Å². The van der Waals surface area contributed by atoms with Crippen LogP contribution in [-0.4, -0.2) is 17.3 Å². The summed E-state index contributed by atoms with van der Waals surface area (Å²) >= 11 is 0. The Hall–Kier alpha value is -3.59. The fourth-order valence-corrected chi connectivity index (χ4v) is 3.39. The van der Waals surface area contributed by atoms with E-state index in [0.29, 0.717) is 11.1 Å². The smallest absolute Gasteiger partial charge is 0.195 e. The highest BCUT2D eigenvalue weighted by Crippen LogP contribution is 2.29. The number of allylic oxidation sites excluding steroid dienone is 1. The maximum Gasteiger partial charge on any atom is 0.195 e. The molecule has 27 heavy (non-hydrogen) atoms. The lowest BCUT2D eigenvalue weighted by molar-refractivity contribution is 0.0972. The van der Waals surface area contributed by atoms with Crippen molar-refractivity contribution in [2.75, 3.05) is 0 Å². The zero-order valence-electron chi connectivity index (χ0n) is 14.7. The van der Waals surface area contributed by atoms with Gasteiger partial charge in [-0.25, -0.2) is 0 Å². The minimum atomic E-state index is -0.297. The van der Waals surface area contributed by atoms with Gasteiger partial charge in [0.2, 0.25) is 0 Å². The van der Waals surface area contributed by atoms with Crippen LogP contribution in [0.5, 0.6) is 0 Å². The second-order valence-electron chi connectivity index (χ2n) is 6.54. The van der Waals surface area contributed by atoms with Crippen LogP contribution in [0.1, 0.15) is 53.3 Å². The highest BCUT2D eigenvalue weighted by atomic mass is 16.1. The minimum Gasteiger partial charge on any atom is -0.289 e. The van der Waals surface area contributed by atoms with Gasteiger partial charge in [-0.1, -0.05) is 78.4 Å². The summed E-state index contributed by atoms with van der Waals surface area (Å²) in [4.78, 5) is 38.5. The molecule has 0 spiro atoms. The van der Waals surface area contributed by atoms with Crippen LogP contribution in [0, 0.1) is 6.92 Å². The molecular weight excluding hydrogens is 336 g/mol. The largest absolute Gasteiger partial charge is 0.289 e. The van der Waals surface area contributed by atoms with E-state index in [0.717, 1.165) is 11.1 Å². The number of hydrogen-bond donors (Lipinski definition) is 0. The van der Waals surface area contributed by atoms with Crippen molar-refractivity contribution in [2.45, 2.75) is 6.92 Å². The lowest BCUT2D eigenvalue weighted by Crippen LogP contribution is -2.23. The van der Waals surface area contributed by atoms with Gasteiger partial charge in [0.25, 0.3) is 0 Å². The van der Waals surface area contributed by atoms with Crippen LogP contribution < -0.4 is 0 Å². The average Bonchev–Trinajstić information content (AvgIpc) is 2.70. The highest BCUT2D eigenvalue weighted by Gasteiger charge is 2.32. The fraction of sp³-hybridized carbons (Fsp3) is 0.0417. The summed E-state index contributed by atoms with van der Waals surface area (Å²) < 4.78 is 0. The number of hydrogen-bond acceptors (Lipinski definition) is 3. The SMILES string of the molecule is Cc1cccc(/C=C/C(=O)c2cccc3c2C(=O)c2ccccc2C3=O)c1. The van der Waals surface area contributed by atoms with Crippen molar-refractivity contribution in [3.63, 3.8) is 0 Å². The van der Waals surface area contributed by atoms with Crippen LogP contribution in [-0.2, 0) is 0 Å². The maximum absolute atomic E-state index is 13.0. The van der Waals surface area contributed by atoms with Crippen molar-refractivity contribution < 1.29 is 14.4 Å². The van der Waals surface area contributed by atoms with E-state index in [4.69, 9.17) is 0 Å². The average molecular weight is 352 g/mol. The van der Waals surface area contributed by atoms with E-state index in [-0.39, 0.29) is 34.0 Å². The van der Waals surface area contributed by atoms with E-state index in [1.54, 1.807) is 48.5 Å². The van der Waals surface area contributed by atoms with Gasteiger partial charge in [-0.05, 0) is 18.6 Å². The molecule has 1 aliphatic carbocycles. The topological polar surface area (TPSA) is 51.2 Å². The molecule has 0 aliphatic heterocycles.